The predicted octanol–water partition coefficient (Wildman–Crippen LogP) is 2.86. The SMILES string of the molecule is CCOC(=O)c1ccnn2cc(C3=CCCCC3)nc12. The molecule has 0 atom stereocenters. The van der Waals surface area contributed by atoms with Crippen LogP contribution in [0.5, 0.6) is 0 Å². The van der Waals surface area contributed by atoms with Crippen molar-refractivity contribution in [2.75, 3.05) is 6.61 Å². The lowest BCUT2D eigenvalue weighted by atomic mass is 9.98. The minimum atomic E-state index is -0.352. The third kappa shape index (κ3) is 2.31. The molecule has 0 saturated heterocycles. The lowest BCUT2D eigenvalue weighted by molar-refractivity contribution is 0.0527. The Morgan fingerprint density at radius 3 is 3.10 bits per heavy atom. The number of nitrogens with zero attached hydrogens (tertiary/aromatic N) is 3. The van der Waals surface area contributed by atoms with E-state index in [2.05, 4.69) is 16.2 Å². The summed E-state index contributed by atoms with van der Waals surface area (Å²) < 4.78 is 6.71. The van der Waals surface area contributed by atoms with E-state index in [-0.39, 0.29) is 5.97 Å². The van der Waals surface area contributed by atoms with Crippen LogP contribution in [0.4, 0.5) is 0 Å². The van der Waals surface area contributed by atoms with Crippen LogP contribution in [-0.4, -0.2) is 27.2 Å². The van der Waals surface area contributed by atoms with Crippen molar-refractivity contribution in [2.45, 2.75) is 32.6 Å². The Morgan fingerprint density at radius 2 is 2.35 bits per heavy atom. The van der Waals surface area contributed by atoms with Gasteiger partial charge in [-0.1, -0.05) is 6.08 Å². The van der Waals surface area contributed by atoms with Gasteiger partial charge in [0.05, 0.1) is 18.5 Å². The zero-order valence-electron chi connectivity index (χ0n) is 11.5. The molecule has 2 aromatic heterocycles. The molecule has 2 heterocycles. The zero-order chi connectivity index (χ0) is 13.9. The zero-order valence-corrected chi connectivity index (χ0v) is 11.5. The van der Waals surface area contributed by atoms with Gasteiger partial charge < -0.3 is 4.74 Å². The Labute approximate surface area is 117 Å². The van der Waals surface area contributed by atoms with Gasteiger partial charge in [-0.05, 0) is 44.2 Å². The molecule has 0 bridgehead atoms. The van der Waals surface area contributed by atoms with Crippen molar-refractivity contribution >= 4 is 17.2 Å². The van der Waals surface area contributed by atoms with Gasteiger partial charge in [0.1, 0.15) is 5.56 Å². The number of carbonyl (C=O) groups excluding carboxylic acids is 1. The molecule has 5 nitrogen and oxygen atoms in total. The molecule has 1 aliphatic carbocycles. The van der Waals surface area contributed by atoms with E-state index in [1.54, 1.807) is 23.7 Å². The Balaban J connectivity index is 2.04. The average molecular weight is 271 g/mol. The normalized spacial score (nSPS) is 15.2. The van der Waals surface area contributed by atoms with Crippen LogP contribution in [0.25, 0.3) is 11.2 Å². The summed E-state index contributed by atoms with van der Waals surface area (Å²) in [5.41, 5.74) is 3.18. The number of esters is 1. The molecule has 0 radical (unpaired) electrons. The van der Waals surface area contributed by atoms with Crippen molar-refractivity contribution in [1.82, 2.24) is 14.6 Å². The van der Waals surface area contributed by atoms with Crippen molar-refractivity contribution in [1.29, 1.82) is 0 Å². The molecule has 0 saturated carbocycles. The highest BCUT2D eigenvalue weighted by atomic mass is 16.5. The lowest BCUT2D eigenvalue weighted by Gasteiger charge is -2.09. The first-order chi connectivity index (χ1) is 9.79. The van der Waals surface area contributed by atoms with Crippen molar-refractivity contribution < 1.29 is 9.53 Å². The van der Waals surface area contributed by atoms with Crippen molar-refractivity contribution in [3.05, 3.63) is 35.8 Å². The summed E-state index contributed by atoms with van der Waals surface area (Å²) in [6, 6.07) is 1.65. The standard InChI is InChI=1S/C15H17N3O2/c1-2-20-15(19)12-8-9-16-18-10-13(17-14(12)18)11-6-4-3-5-7-11/h6,8-10H,2-5,7H2,1H3. The van der Waals surface area contributed by atoms with Crippen LogP contribution < -0.4 is 0 Å². The summed E-state index contributed by atoms with van der Waals surface area (Å²) in [7, 11) is 0. The fourth-order valence-corrected chi connectivity index (χ4v) is 2.49. The highest BCUT2D eigenvalue weighted by Gasteiger charge is 2.16. The number of aromatic nitrogens is 3. The van der Waals surface area contributed by atoms with E-state index >= 15 is 0 Å². The fraction of sp³-hybridized carbons (Fsp3) is 0.400. The number of allylic oxidation sites excluding steroid dienone is 2. The monoisotopic (exact) mass is 271 g/mol. The predicted molar refractivity (Wildman–Crippen MR) is 75.4 cm³/mol. The molecule has 0 aliphatic heterocycles. The first-order valence-corrected chi connectivity index (χ1v) is 7.00. The molecule has 3 rings (SSSR count). The molecule has 0 unspecified atom stereocenters. The second kappa shape index (κ2) is 5.45. The van der Waals surface area contributed by atoms with Gasteiger partial charge in [0, 0.05) is 6.20 Å². The maximum atomic E-state index is 11.9. The number of hydrogen-bond donors (Lipinski definition) is 0. The summed E-state index contributed by atoms with van der Waals surface area (Å²) in [5, 5.41) is 4.22. The number of hydrogen-bond acceptors (Lipinski definition) is 4. The molecule has 1 aliphatic rings. The largest absolute Gasteiger partial charge is 0.462 e. The Morgan fingerprint density at radius 1 is 1.45 bits per heavy atom. The van der Waals surface area contributed by atoms with Crippen LogP contribution in [0.3, 0.4) is 0 Å². The number of carbonyl (C=O) groups is 1. The third-order valence-electron chi connectivity index (χ3n) is 3.48. The smallest absolute Gasteiger partial charge is 0.342 e. The maximum Gasteiger partial charge on any atom is 0.342 e. The molecule has 20 heavy (non-hydrogen) atoms. The minimum absolute atomic E-state index is 0.352. The first kappa shape index (κ1) is 12.8. The van der Waals surface area contributed by atoms with Gasteiger partial charge in [-0.15, -0.1) is 0 Å². The van der Waals surface area contributed by atoms with Gasteiger partial charge in [0.2, 0.25) is 0 Å². The van der Waals surface area contributed by atoms with Crippen LogP contribution in [-0.2, 0) is 4.74 Å². The highest BCUT2D eigenvalue weighted by molar-refractivity contribution is 5.95. The highest BCUT2D eigenvalue weighted by Crippen LogP contribution is 2.26. The van der Waals surface area contributed by atoms with Gasteiger partial charge in [-0.25, -0.2) is 14.3 Å². The van der Waals surface area contributed by atoms with Gasteiger partial charge in [0.25, 0.3) is 0 Å². The van der Waals surface area contributed by atoms with Gasteiger partial charge in [-0.3, -0.25) is 0 Å². The maximum absolute atomic E-state index is 11.9. The Bertz CT molecular complexity index is 673. The Kier molecular flexibility index (Phi) is 3.50. The van der Waals surface area contributed by atoms with Crippen LogP contribution >= 0.6 is 0 Å². The number of ether oxygens (including phenoxy) is 1. The van der Waals surface area contributed by atoms with E-state index in [9.17, 15) is 4.79 Å². The van der Waals surface area contributed by atoms with E-state index in [0.29, 0.717) is 17.8 Å². The average Bonchev–Trinajstić information content (AvgIpc) is 2.92. The third-order valence-corrected chi connectivity index (χ3v) is 3.48. The van der Waals surface area contributed by atoms with Crippen molar-refractivity contribution in [3.8, 4) is 0 Å². The van der Waals surface area contributed by atoms with Gasteiger partial charge >= 0.3 is 5.97 Å². The van der Waals surface area contributed by atoms with Crippen molar-refractivity contribution in [2.24, 2.45) is 0 Å². The second-order valence-corrected chi connectivity index (χ2v) is 4.83. The van der Waals surface area contributed by atoms with E-state index in [4.69, 9.17) is 4.74 Å². The molecular formula is C15H17N3O2. The molecule has 104 valence electrons. The quantitative estimate of drug-likeness (QED) is 0.805. The fourth-order valence-electron chi connectivity index (χ4n) is 2.49. The molecular weight excluding hydrogens is 254 g/mol. The summed E-state index contributed by atoms with van der Waals surface area (Å²) in [4.78, 5) is 16.5. The second-order valence-electron chi connectivity index (χ2n) is 4.83. The number of rotatable bonds is 3. The van der Waals surface area contributed by atoms with Crippen LogP contribution in [0.2, 0.25) is 0 Å². The lowest BCUT2D eigenvalue weighted by Crippen LogP contribution is -2.07. The van der Waals surface area contributed by atoms with E-state index in [0.717, 1.165) is 18.5 Å². The summed E-state index contributed by atoms with van der Waals surface area (Å²) in [6.45, 7) is 2.14. The van der Waals surface area contributed by atoms with Crippen molar-refractivity contribution in [3.63, 3.8) is 0 Å². The molecule has 0 fully saturated rings. The summed E-state index contributed by atoms with van der Waals surface area (Å²) >= 11 is 0. The van der Waals surface area contributed by atoms with Crippen LogP contribution in [0.15, 0.2) is 24.5 Å². The van der Waals surface area contributed by atoms with E-state index in [1.807, 2.05) is 6.20 Å². The number of imidazole rings is 1. The first-order valence-electron chi connectivity index (χ1n) is 7.00. The van der Waals surface area contributed by atoms with Gasteiger partial charge in [-0.2, -0.15) is 5.10 Å². The molecule has 0 N–H and O–H groups in total. The minimum Gasteiger partial charge on any atom is -0.462 e. The summed E-state index contributed by atoms with van der Waals surface area (Å²) in [5.74, 6) is -0.352. The Hall–Kier alpha value is -2.17. The number of fused-ring (bicyclic) bond motifs is 1. The van der Waals surface area contributed by atoms with E-state index in [1.165, 1.54) is 18.4 Å². The topological polar surface area (TPSA) is 56.5 Å². The van der Waals surface area contributed by atoms with Gasteiger partial charge in [0.15, 0.2) is 5.65 Å². The molecule has 0 aromatic carbocycles. The molecule has 0 amide bonds. The van der Waals surface area contributed by atoms with Crippen LogP contribution in [0, 0.1) is 0 Å². The van der Waals surface area contributed by atoms with Crippen LogP contribution in [0.1, 0.15) is 48.7 Å². The summed E-state index contributed by atoms with van der Waals surface area (Å²) in [6.07, 6.45) is 10.3. The van der Waals surface area contributed by atoms with E-state index < -0.39 is 0 Å². The molecule has 2 aromatic rings. The molecule has 0 spiro atoms. The molecule has 5 heteroatoms.